The molecule has 0 aliphatic heterocycles. The van der Waals surface area contributed by atoms with Crippen LogP contribution < -0.4 is 5.73 Å². The molecule has 0 saturated heterocycles. The highest BCUT2D eigenvalue weighted by molar-refractivity contribution is 7.89. The SMILES string of the molecule is CN(CC1CC1)S(=O)(=O)c1cc([N+](=O)[O-])ccc1N. The van der Waals surface area contributed by atoms with Crippen molar-refractivity contribution in [1.29, 1.82) is 0 Å². The molecular weight excluding hydrogens is 270 g/mol. The number of non-ortho nitro benzene ring substituents is 1. The molecular formula is C11H15N3O4S. The number of hydrogen-bond acceptors (Lipinski definition) is 5. The summed E-state index contributed by atoms with van der Waals surface area (Å²) in [5.74, 6) is 0.389. The van der Waals surface area contributed by atoms with E-state index in [-0.39, 0.29) is 16.3 Å². The molecule has 0 radical (unpaired) electrons. The number of anilines is 1. The molecule has 1 aliphatic rings. The molecule has 7 nitrogen and oxygen atoms in total. The highest BCUT2D eigenvalue weighted by Crippen LogP contribution is 2.32. The molecule has 19 heavy (non-hydrogen) atoms. The minimum absolute atomic E-state index is 0.0215. The first-order chi connectivity index (χ1) is 8.82. The van der Waals surface area contributed by atoms with E-state index in [1.54, 1.807) is 0 Å². The highest BCUT2D eigenvalue weighted by atomic mass is 32.2. The summed E-state index contributed by atoms with van der Waals surface area (Å²) in [7, 11) is -2.31. The lowest BCUT2D eigenvalue weighted by molar-refractivity contribution is -0.385. The van der Waals surface area contributed by atoms with Gasteiger partial charge in [0, 0.05) is 25.7 Å². The molecule has 1 aromatic rings. The maximum absolute atomic E-state index is 12.3. The van der Waals surface area contributed by atoms with Crippen molar-refractivity contribution in [3.63, 3.8) is 0 Å². The molecule has 0 amide bonds. The van der Waals surface area contributed by atoms with E-state index < -0.39 is 14.9 Å². The Morgan fingerprint density at radius 2 is 2.11 bits per heavy atom. The van der Waals surface area contributed by atoms with Crippen LogP contribution in [0.1, 0.15) is 12.8 Å². The second-order valence-corrected chi connectivity index (χ2v) is 6.72. The van der Waals surface area contributed by atoms with Crippen LogP contribution in [0.15, 0.2) is 23.1 Å². The number of nitro benzene ring substituents is 1. The van der Waals surface area contributed by atoms with Crippen LogP contribution in [-0.4, -0.2) is 31.2 Å². The summed E-state index contributed by atoms with van der Waals surface area (Å²) in [6.07, 6.45) is 2.04. The Morgan fingerprint density at radius 1 is 1.47 bits per heavy atom. The van der Waals surface area contributed by atoms with Crippen molar-refractivity contribution in [3.8, 4) is 0 Å². The van der Waals surface area contributed by atoms with Gasteiger partial charge in [-0.1, -0.05) is 0 Å². The van der Waals surface area contributed by atoms with Gasteiger partial charge in [-0.25, -0.2) is 12.7 Å². The molecule has 104 valence electrons. The van der Waals surface area contributed by atoms with Gasteiger partial charge in [0.25, 0.3) is 5.69 Å². The molecule has 0 heterocycles. The van der Waals surface area contributed by atoms with Crippen LogP contribution in [0.2, 0.25) is 0 Å². The van der Waals surface area contributed by atoms with E-state index in [9.17, 15) is 18.5 Å². The van der Waals surface area contributed by atoms with E-state index in [0.29, 0.717) is 12.5 Å². The van der Waals surface area contributed by atoms with Gasteiger partial charge in [0.15, 0.2) is 0 Å². The second kappa shape index (κ2) is 4.78. The third-order valence-corrected chi connectivity index (χ3v) is 4.99. The van der Waals surface area contributed by atoms with Crippen LogP contribution >= 0.6 is 0 Å². The average Bonchev–Trinajstić information content (AvgIpc) is 3.12. The maximum atomic E-state index is 12.3. The Hall–Kier alpha value is -1.67. The first-order valence-electron chi connectivity index (χ1n) is 5.82. The predicted octanol–water partition coefficient (Wildman–Crippen LogP) is 1.21. The molecule has 0 aromatic heterocycles. The zero-order valence-corrected chi connectivity index (χ0v) is 11.3. The summed E-state index contributed by atoms with van der Waals surface area (Å²) in [5, 5.41) is 10.7. The zero-order chi connectivity index (χ0) is 14.2. The first-order valence-corrected chi connectivity index (χ1v) is 7.26. The van der Waals surface area contributed by atoms with Gasteiger partial charge in [0.2, 0.25) is 10.0 Å². The van der Waals surface area contributed by atoms with Crippen LogP contribution in [-0.2, 0) is 10.0 Å². The van der Waals surface area contributed by atoms with E-state index in [4.69, 9.17) is 5.73 Å². The molecule has 2 rings (SSSR count). The quantitative estimate of drug-likeness (QED) is 0.497. The van der Waals surface area contributed by atoms with E-state index >= 15 is 0 Å². The van der Waals surface area contributed by atoms with Gasteiger partial charge in [-0.05, 0) is 24.8 Å². The summed E-state index contributed by atoms with van der Waals surface area (Å²) in [4.78, 5) is 9.86. The molecule has 0 spiro atoms. The predicted molar refractivity (Wildman–Crippen MR) is 70.0 cm³/mol. The van der Waals surface area contributed by atoms with E-state index in [1.165, 1.54) is 23.5 Å². The van der Waals surface area contributed by atoms with Gasteiger partial charge in [0.05, 0.1) is 10.6 Å². The van der Waals surface area contributed by atoms with Crippen molar-refractivity contribution in [2.45, 2.75) is 17.7 Å². The molecule has 0 unspecified atom stereocenters. The molecule has 1 fully saturated rings. The van der Waals surface area contributed by atoms with Crippen molar-refractivity contribution in [3.05, 3.63) is 28.3 Å². The third kappa shape index (κ3) is 2.85. The summed E-state index contributed by atoms with van der Waals surface area (Å²) < 4.78 is 25.8. The molecule has 0 atom stereocenters. The van der Waals surface area contributed by atoms with Gasteiger partial charge in [-0.15, -0.1) is 0 Å². The molecule has 1 aromatic carbocycles. The van der Waals surface area contributed by atoms with Gasteiger partial charge in [-0.3, -0.25) is 10.1 Å². The number of rotatable bonds is 5. The summed E-state index contributed by atoms with van der Waals surface area (Å²) >= 11 is 0. The molecule has 0 bridgehead atoms. The lowest BCUT2D eigenvalue weighted by atomic mass is 10.3. The normalized spacial score (nSPS) is 15.7. The fourth-order valence-electron chi connectivity index (χ4n) is 1.79. The van der Waals surface area contributed by atoms with Gasteiger partial charge < -0.3 is 5.73 Å². The van der Waals surface area contributed by atoms with Gasteiger partial charge >= 0.3 is 0 Å². The molecule has 8 heteroatoms. The monoisotopic (exact) mass is 285 g/mol. The first kappa shape index (κ1) is 13.8. The van der Waals surface area contributed by atoms with Gasteiger partial charge in [0.1, 0.15) is 4.90 Å². The lowest BCUT2D eigenvalue weighted by Crippen LogP contribution is -2.29. The number of nitrogen functional groups attached to an aromatic ring is 1. The Morgan fingerprint density at radius 3 is 2.63 bits per heavy atom. The maximum Gasteiger partial charge on any atom is 0.270 e. The minimum Gasteiger partial charge on any atom is -0.398 e. The summed E-state index contributed by atoms with van der Waals surface area (Å²) in [6.45, 7) is 0.421. The van der Waals surface area contributed by atoms with Crippen LogP contribution in [0.5, 0.6) is 0 Å². The standard InChI is InChI=1S/C11H15N3O4S/c1-13(7-8-2-3-8)19(17,18)11-6-9(14(15)16)4-5-10(11)12/h4-6,8H,2-3,7,12H2,1H3. The Kier molecular flexibility index (Phi) is 3.46. The van der Waals surface area contributed by atoms with Crippen molar-refractivity contribution in [2.75, 3.05) is 19.3 Å². The minimum atomic E-state index is -3.78. The largest absolute Gasteiger partial charge is 0.398 e. The number of benzene rings is 1. The van der Waals surface area contributed by atoms with E-state index in [0.717, 1.165) is 18.9 Å². The molecule has 1 saturated carbocycles. The van der Waals surface area contributed by atoms with E-state index in [2.05, 4.69) is 0 Å². The average molecular weight is 285 g/mol. The number of nitrogens with two attached hydrogens (primary N) is 1. The van der Waals surface area contributed by atoms with Crippen molar-refractivity contribution >= 4 is 21.4 Å². The number of sulfonamides is 1. The van der Waals surface area contributed by atoms with Crippen LogP contribution in [0.3, 0.4) is 0 Å². The third-order valence-electron chi connectivity index (χ3n) is 3.11. The van der Waals surface area contributed by atoms with Crippen molar-refractivity contribution in [1.82, 2.24) is 4.31 Å². The van der Waals surface area contributed by atoms with Crippen LogP contribution in [0.25, 0.3) is 0 Å². The van der Waals surface area contributed by atoms with Crippen molar-refractivity contribution in [2.24, 2.45) is 5.92 Å². The van der Waals surface area contributed by atoms with Crippen LogP contribution in [0.4, 0.5) is 11.4 Å². The molecule has 2 N–H and O–H groups in total. The molecule has 1 aliphatic carbocycles. The summed E-state index contributed by atoms with van der Waals surface area (Å²) in [5.41, 5.74) is 5.37. The van der Waals surface area contributed by atoms with Crippen molar-refractivity contribution < 1.29 is 13.3 Å². The fraction of sp³-hybridized carbons (Fsp3) is 0.455. The summed E-state index contributed by atoms with van der Waals surface area (Å²) in [6, 6.07) is 3.44. The van der Waals surface area contributed by atoms with E-state index in [1.807, 2.05) is 0 Å². The number of nitro groups is 1. The highest BCUT2D eigenvalue weighted by Gasteiger charge is 2.31. The lowest BCUT2D eigenvalue weighted by Gasteiger charge is -2.17. The number of hydrogen-bond donors (Lipinski definition) is 1. The number of nitrogens with zero attached hydrogens (tertiary/aromatic N) is 2. The smallest absolute Gasteiger partial charge is 0.270 e. The Bertz CT molecular complexity index is 610. The van der Waals surface area contributed by atoms with Gasteiger partial charge in [-0.2, -0.15) is 0 Å². The Balaban J connectivity index is 2.37. The fourth-order valence-corrected chi connectivity index (χ4v) is 3.17. The zero-order valence-electron chi connectivity index (χ0n) is 10.4. The van der Waals surface area contributed by atoms with Crippen LogP contribution in [0, 0.1) is 16.0 Å². The topological polar surface area (TPSA) is 107 Å². The Labute approximate surface area is 111 Å². The second-order valence-electron chi connectivity index (χ2n) is 4.71.